The molecule has 0 fully saturated rings. The number of nitrogens with one attached hydrogen (secondary N) is 1. The smallest absolute Gasteiger partial charge is 0.206 e. The van der Waals surface area contributed by atoms with Crippen LogP contribution in [0, 0.1) is 0 Å². The van der Waals surface area contributed by atoms with E-state index in [1.54, 1.807) is 7.05 Å². The molecule has 2 aromatic rings. The quantitative estimate of drug-likeness (QED) is 0.652. The fraction of sp³-hybridized carbons (Fsp3) is 0.357. The van der Waals surface area contributed by atoms with Gasteiger partial charge in [0.05, 0.1) is 5.75 Å². The van der Waals surface area contributed by atoms with Gasteiger partial charge in [-0.1, -0.05) is 61.2 Å². The molecule has 0 saturated carbocycles. The van der Waals surface area contributed by atoms with Crippen LogP contribution in [0.2, 0.25) is 0 Å². The Bertz CT molecular complexity index is 578. The SMILES string of the molecule is CNc1nnc(SCC(=O)c2ccc(C(C)C)cc2)s1. The molecule has 20 heavy (non-hydrogen) atoms. The van der Waals surface area contributed by atoms with E-state index < -0.39 is 0 Å². The highest BCUT2D eigenvalue weighted by Crippen LogP contribution is 2.25. The van der Waals surface area contributed by atoms with Crippen LogP contribution in [0.1, 0.15) is 35.7 Å². The Hall–Kier alpha value is -1.40. The maximum absolute atomic E-state index is 12.1. The number of rotatable bonds is 6. The van der Waals surface area contributed by atoms with Crippen molar-refractivity contribution in [2.24, 2.45) is 0 Å². The van der Waals surface area contributed by atoms with Gasteiger partial charge in [-0.2, -0.15) is 0 Å². The van der Waals surface area contributed by atoms with Crippen LogP contribution in [0.5, 0.6) is 0 Å². The van der Waals surface area contributed by atoms with E-state index in [4.69, 9.17) is 0 Å². The van der Waals surface area contributed by atoms with Crippen LogP contribution in [0.25, 0.3) is 0 Å². The van der Waals surface area contributed by atoms with Crippen molar-refractivity contribution in [3.8, 4) is 0 Å². The number of ketones is 1. The van der Waals surface area contributed by atoms with E-state index in [0.717, 1.165) is 15.0 Å². The highest BCUT2D eigenvalue weighted by Gasteiger charge is 2.10. The fourth-order valence-corrected chi connectivity index (χ4v) is 3.23. The Balaban J connectivity index is 1.94. The Morgan fingerprint density at radius 3 is 2.55 bits per heavy atom. The molecule has 0 saturated heterocycles. The van der Waals surface area contributed by atoms with E-state index >= 15 is 0 Å². The lowest BCUT2D eigenvalue weighted by Gasteiger charge is -2.05. The third-order valence-electron chi connectivity index (χ3n) is 2.85. The van der Waals surface area contributed by atoms with E-state index in [9.17, 15) is 4.79 Å². The molecule has 1 aromatic heterocycles. The lowest BCUT2D eigenvalue weighted by atomic mass is 10.0. The molecular weight excluding hydrogens is 290 g/mol. The summed E-state index contributed by atoms with van der Waals surface area (Å²) in [6.07, 6.45) is 0. The van der Waals surface area contributed by atoms with Crippen molar-refractivity contribution in [1.82, 2.24) is 10.2 Å². The molecule has 0 bridgehead atoms. The molecule has 2 rings (SSSR count). The molecule has 0 aliphatic carbocycles. The highest BCUT2D eigenvalue weighted by atomic mass is 32.2. The van der Waals surface area contributed by atoms with E-state index in [-0.39, 0.29) is 5.78 Å². The van der Waals surface area contributed by atoms with E-state index in [1.807, 2.05) is 24.3 Å². The summed E-state index contributed by atoms with van der Waals surface area (Å²) in [7, 11) is 1.80. The number of aromatic nitrogens is 2. The molecule has 0 radical (unpaired) electrons. The first-order chi connectivity index (χ1) is 9.60. The van der Waals surface area contributed by atoms with Gasteiger partial charge in [-0.25, -0.2) is 0 Å². The van der Waals surface area contributed by atoms with Gasteiger partial charge in [-0.05, 0) is 11.5 Å². The van der Waals surface area contributed by atoms with Crippen molar-refractivity contribution in [3.05, 3.63) is 35.4 Å². The number of hydrogen-bond donors (Lipinski definition) is 1. The topological polar surface area (TPSA) is 54.9 Å². The van der Waals surface area contributed by atoms with Crippen LogP contribution in [-0.2, 0) is 0 Å². The number of carbonyl (C=O) groups is 1. The number of thioether (sulfide) groups is 1. The number of carbonyl (C=O) groups excluding carboxylic acids is 1. The lowest BCUT2D eigenvalue weighted by molar-refractivity contribution is 0.102. The van der Waals surface area contributed by atoms with E-state index in [0.29, 0.717) is 11.7 Å². The summed E-state index contributed by atoms with van der Waals surface area (Å²) in [6.45, 7) is 4.28. The molecular formula is C14H17N3OS2. The Kier molecular flexibility index (Phi) is 5.14. The largest absolute Gasteiger partial charge is 0.363 e. The zero-order valence-corrected chi connectivity index (χ0v) is 13.3. The van der Waals surface area contributed by atoms with Gasteiger partial charge in [0, 0.05) is 12.6 Å². The zero-order valence-electron chi connectivity index (χ0n) is 11.7. The van der Waals surface area contributed by atoms with Crippen LogP contribution in [0.15, 0.2) is 28.6 Å². The number of hydrogen-bond acceptors (Lipinski definition) is 6. The second-order valence-corrected chi connectivity index (χ2v) is 6.81. The second-order valence-electron chi connectivity index (χ2n) is 4.61. The first-order valence-electron chi connectivity index (χ1n) is 6.37. The molecule has 1 heterocycles. The predicted octanol–water partition coefficient (Wildman–Crippen LogP) is 3.68. The summed E-state index contributed by atoms with van der Waals surface area (Å²) in [5.41, 5.74) is 2.00. The number of benzene rings is 1. The van der Waals surface area contributed by atoms with Gasteiger partial charge in [0.15, 0.2) is 10.1 Å². The summed E-state index contributed by atoms with van der Waals surface area (Å²) in [5, 5.41) is 11.6. The molecule has 6 heteroatoms. The summed E-state index contributed by atoms with van der Waals surface area (Å²) in [6, 6.07) is 7.84. The number of nitrogens with zero attached hydrogens (tertiary/aromatic N) is 2. The molecule has 0 spiro atoms. The van der Waals surface area contributed by atoms with Crippen molar-refractivity contribution < 1.29 is 4.79 Å². The van der Waals surface area contributed by atoms with Gasteiger partial charge in [0.25, 0.3) is 0 Å². The summed E-state index contributed by atoms with van der Waals surface area (Å²) >= 11 is 2.88. The molecule has 0 unspecified atom stereocenters. The van der Waals surface area contributed by atoms with Gasteiger partial charge < -0.3 is 5.32 Å². The monoisotopic (exact) mass is 307 g/mol. The van der Waals surface area contributed by atoms with Crippen LogP contribution >= 0.6 is 23.1 Å². The molecule has 1 N–H and O–H groups in total. The Morgan fingerprint density at radius 1 is 1.30 bits per heavy atom. The Morgan fingerprint density at radius 2 is 2.00 bits per heavy atom. The average molecular weight is 307 g/mol. The maximum atomic E-state index is 12.1. The first-order valence-corrected chi connectivity index (χ1v) is 8.17. The average Bonchev–Trinajstić information content (AvgIpc) is 2.93. The highest BCUT2D eigenvalue weighted by molar-refractivity contribution is 8.01. The van der Waals surface area contributed by atoms with Crippen LogP contribution in [-0.4, -0.2) is 28.8 Å². The van der Waals surface area contributed by atoms with Gasteiger partial charge in [-0.15, -0.1) is 10.2 Å². The summed E-state index contributed by atoms with van der Waals surface area (Å²) in [5.74, 6) is 0.987. The number of Topliss-reactive ketones (excluding diaryl/α,β-unsaturated/α-hetero) is 1. The lowest BCUT2D eigenvalue weighted by Crippen LogP contribution is -2.02. The van der Waals surface area contributed by atoms with Gasteiger partial charge >= 0.3 is 0 Å². The normalized spacial score (nSPS) is 10.8. The van der Waals surface area contributed by atoms with Crippen LogP contribution in [0.3, 0.4) is 0 Å². The number of anilines is 1. The minimum absolute atomic E-state index is 0.117. The molecule has 0 aliphatic heterocycles. The standard InChI is InChI=1S/C14H17N3OS2/c1-9(2)10-4-6-11(7-5-10)12(18)8-19-14-17-16-13(15-3)20-14/h4-7,9H,8H2,1-3H3,(H,15,16). The van der Waals surface area contributed by atoms with Crippen molar-refractivity contribution in [2.75, 3.05) is 18.1 Å². The van der Waals surface area contributed by atoms with E-state index in [2.05, 4.69) is 29.4 Å². The minimum Gasteiger partial charge on any atom is -0.363 e. The molecule has 106 valence electrons. The van der Waals surface area contributed by atoms with Crippen molar-refractivity contribution in [2.45, 2.75) is 24.1 Å². The molecule has 1 aromatic carbocycles. The molecule has 0 aliphatic rings. The van der Waals surface area contributed by atoms with Gasteiger partial charge in [-0.3, -0.25) is 4.79 Å². The summed E-state index contributed by atoms with van der Waals surface area (Å²) < 4.78 is 0.807. The third kappa shape index (κ3) is 3.80. The predicted molar refractivity (Wildman–Crippen MR) is 85.0 cm³/mol. The Labute approximate surface area is 127 Å². The van der Waals surface area contributed by atoms with Crippen molar-refractivity contribution >= 4 is 34.0 Å². The van der Waals surface area contributed by atoms with Crippen molar-refractivity contribution in [3.63, 3.8) is 0 Å². The van der Waals surface area contributed by atoms with Crippen LogP contribution < -0.4 is 5.32 Å². The molecule has 0 amide bonds. The second kappa shape index (κ2) is 6.85. The first kappa shape index (κ1) is 15.0. The molecule has 0 atom stereocenters. The zero-order chi connectivity index (χ0) is 14.5. The van der Waals surface area contributed by atoms with E-state index in [1.165, 1.54) is 28.7 Å². The van der Waals surface area contributed by atoms with Crippen molar-refractivity contribution in [1.29, 1.82) is 0 Å². The third-order valence-corrected chi connectivity index (χ3v) is 4.92. The van der Waals surface area contributed by atoms with Gasteiger partial charge in [0.1, 0.15) is 0 Å². The minimum atomic E-state index is 0.117. The fourth-order valence-electron chi connectivity index (χ4n) is 1.63. The molecule has 4 nitrogen and oxygen atoms in total. The summed E-state index contributed by atoms with van der Waals surface area (Å²) in [4.78, 5) is 12.1. The maximum Gasteiger partial charge on any atom is 0.206 e. The van der Waals surface area contributed by atoms with Crippen LogP contribution in [0.4, 0.5) is 5.13 Å². The van der Waals surface area contributed by atoms with Gasteiger partial charge in [0.2, 0.25) is 5.13 Å².